The lowest BCUT2D eigenvalue weighted by molar-refractivity contribution is -0.145. The average molecular weight is 347 g/mol. The fourth-order valence-corrected chi connectivity index (χ4v) is 2.59. The molecular weight excluding hydrogens is 328 g/mol. The second-order valence-corrected chi connectivity index (χ2v) is 6.14. The number of benzene rings is 2. The van der Waals surface area contributed by atoms with Crippen molar-refractivity contribution >= 4 is 11.9 Å². The molecule has 0 bridgehead atoms. The van der Waals surface area contributed by atoms with E-state index in [0.717, 1.165) is 12.1 Å². The molecule has 0 heterocycles. The van der Waals surface area contributed by atoms with Crippen LogP contribution in [0, 0.1) is 11.6 Å². The smallest absolute Gasteiger partial charge is 0.314 e. The highest BCUT2D eigenvalue weighted by molar-refractivity contribution is 5.89. The third-order valence-corrected chi connectivity index (χ3v) is 4.22. The summed E-state index contributed by atoms with van der Waals surface area (Å²) in [5.41, 5.74) is -0.485. The van der Waals surface area contributed by atoms with Gasteiger partial charge >= 0.3 is 5.97 Å². The van der Waals surface area contributed by atoms with Crippen molar-refractivity contribution in [3.8, 4) is 0 Å². The van der Waals surface area contributed by atoms with E-state index in [1.165, 1.54) is 13.0 Å². The number of hydrogen-bond donors (Lipinski definition) is 2. The Hall–Kier alpha value is -2.76. The normalized spacial score (nSPS) is 14.4. The number of rotatable bonds is 6. The van der Waals surface area contributed by atoms with E-state index in [4.69, 9.17) is 0 Å². The van der Waals surface area contributed by atoms with Crippen LogP contribution in [-0.2, 0) is 15.0 Å². The third-order valence-electron chi connectivity index (χ3n) is 4.22. The summed E-state index contributed by atoms with van der Waals surface area (Å²) in [6.07, 6.45) is -0.277. The Balaban J connectivity index is 2.14. The molecule has 0 aliphatic rings. The molecule has 132 valence electrons. The van der Waals surface area contributed by atoms with Gasteiger partial charge in [0.15, 0.2) is 11.6 Å². The van der Waals surface area contributed by atoms with Crippen LogP contribution in [0.3, 0.4) is 0 Å². The molecule has 2 atom stereocenters. The lowest BCUT2D eigenvalue weighted by Gasteiger charge is -2.26. The zero-order valence-electron chi connectivity index (χ0n) is 13.9. The quantitative estimate of drug-likeness (QED) is 0.839. The van der Waals surface area contributed by atoms with E-state index >= 15 is 0 Å². The van der Waals surface area contributed by atoms with E-state index in [9.17, 15) is 23.5 Å². The van der Waals surface area contributed by atoms with Crippen molar-refractivity contribution < 1.29 is 23.5 Å². The van der Waals surface area contributed by atoms with Crippen LogP contribution >= 0.6 is 0 Å². The highest BCUT2D eigenvalue weighted by Gasteiger charge is 2.37. The molecule has 0 aliphatic heterocycles. The molecule has 0 aromatic heterocycles. The summed E-state index contributed by atoms with van der Waals surface area (Å²) in [4.78, 5) is 24.1. The van der Waals surface area contributed by atoms with Gasteiger partial charge in [0.1, 0.15) is 0 Å². The van der Waals surface area contributed by atoms with Gasteiger partial charge in [-0.25, -0.2) is 8.78 Å². The van der Waals surface area contributed by atoms with E-state index in [2.05, 4.69) is 5.32 Å². The topological polar surface area (TPSA) is 66.4 Å². The summed E-state index contributed by atoms with van der Waals surface area (Å²) >= 11 is 0. The van der Waals surface area contributed by atoms with Gasteiger partial charge in [0.2, 0.25) is 5.91 Å². The molecule has 6 heteroatoms. The molecule has 0 fully saturated rings. The zero-order valence-corrected chi connectivity index (χ0v) is 13.9. The molecule has 0 spiro atoms. The van der Waals surface area contributed by atoms with Crippen molar-refractivity contribution in [1.82, 2.24) is 5.32 Å². The average Bonchev–Trinajstić information content (AvgIpc) is 2.57. The molecule has 0 unspecified atom stereocenters. The summed E-state index contributed by atoms with van der Waals surface area (Å²) in [6, 6.07) is 11.3. The summed E-state index contributed by atoms with van der Waals surface area (Å²) in [7, 11) is 0. The van der Waals surface area contributed by atoms with Gasteiger partial charge < -0.3 is 10.4 Å². The molecule has 0 aliphatic carbocycles. The Morgan fingerprint density at radius 3 is 2.32 bits per heavy atom. The number of carbonyl (C=O) groups is 2. The van der Waals surface area contributed by atoms with E-state index in [1.54, 1.807) is 37.3 Å². The molecule has 2 N–H and O–H groups in total. The van der Waals surface area contributed by atoms with Gasteiger partial charge in [-0.1, -0.05) is 36.4 Å². The van der Waals surface area contributed by atoms with Gasteiger partial charge in [0.05, 0.1) is 11.5 Å². The predicted molar refractivity (Wildman–Crippen MR) is 89.0 cm³/mol. The van der Waals surface area contributed by atoms with Gasteiger partial charge in [0.25, 0.3) is 0 Å². The molecular formula is C19H19F2NO3. The van der Waals surface area contributed by atoms with Gasteiger partial charge in [-0.3, -0.25) is 9.59 Å². The molecule has 2 rings (SSSR count). The summed E-state index contributed by atoms with van der Waals surface area (Å²) in [5.74, 6) is -3.58. The van der Waals surface area contributed by atoms with Crippen LogP contribution < -0.4 is 5.32 Å². The Kier molecular flexibility index (Phi) is 5.51. The first-order chi connectivity index (χ1) is 11.7. The number of carboxylic acids is 1. The standard InChI is InChI=1S/C19H19F2NO3/c1-12(13-8-9-15(20)16(21)10-13)22-17(23)11-19(2,18(24)25)14-6-4-3-5-7-14/h3-10,12H,11H2,1-2H3,(H,22,23)(H,24,25)/t12-,19-/m1/s1. The first-order valence-electron chi connectivity index (χ1n) is 7.77. The van der Waals surface area contributed by atoms with Crippen molar-refractivity contribution in [2.45, 2.75) is 31.7 Å². The lowest BCUT2D eigenvalue weighted by atomic mass is 9.79. The van der Waals surface area contributed by atoms with Crippen LogP contribution in [0.25, 0.3) is 0 Å². The van der Waals surface area contributed by atoms with E-state index in [1.807, 2.05) is 0 Å². The van der Waals surface area contributed by atoms with Gasteiger partial charge in [-0.15, -0.1) is 0 Å². The molecule has 1 amide bonds. The first-order valence-corrected chi connectivity index (χ1v) is 7.77. The fraction of sp³-hybridized carbons (Fsp3) is 0.263. The molecule has 4 nitrogen and oxygen atoms in total. The highest BCUT2D eigenvalue weighted by Crippen LogP contribution is 2.28. The first kappa shape index (κ1) is 18.6. The maximum absolute atomic E-state index is 13.3. The second kappa shape index (κ2) is 7.42. The summed E-state index contributed by atoms with van der Waals surface area (Å²) < 4.78 is 26.3. The molecule has 0 radical (unpaired) electrons. The van der Waals surface area contributed by atoms with Crippen LogP contribution in [0.1, 0.15) is 37.4 Å². The minimum atomic E-state index is -1.39. The summed E-state index contributed by atoms with van der Waals surface area (Å²) in [6.45, 7) is 3.09. The van der Waals surface area contributed by atoms with E-state index in [0.29, 0.717) is 11.1 Å². The van der Waals surface area contributed by atoms with Crippen LogP contribution in [0.4, 0.5) is 8.78 Å². The Morgan fingerprint density at radius 2 is 1.76 bits per heavy atom. The van der Waals surface area contributed by atoms with Crippen LogP contribution in [0.5, 0.6) is 0 Å². The number of halogens is 2. The van der Waals surface area contributed by atoms with Crippen LogP contribution in [0.15, 0.2) is 48.5 Å². The Morgan fingerprint density at radius 1 is 1.12 bits per heavy atom. The Bertz CT molecular complexity index is 779. The van der Waals surface area contributed by atoms with Gasteiger partial charge in [-0.05, 0) is 37.1 Å². The second-order valence-electron chi connectivity index (χ2n) is 6.14. The molecule has 2 aromatic rings. The van der Waals surface area contributed by atoms with Crippen molar-refractivity contribution in [2.24, 2.45) is 0 Å². The van der Waals surface area contributed by atoms with Crippen LogP contribution in [-0.4, -0.2) is 17.0 Å². The largest absolute Gasteiger partial charge is 0.481 e. The number of amides is 1. The predicted octanol–water partition coefficient (Wildman–Crippen LogP) is 3.57. The highest BCUT2D eigenvalue weighted by atomic mass is 19.2. The summed E-state index contributed by atoms with van der Waals surface area (Å²) in [5, 5.41) is 12.2. The fourth-order valence-electron chi connectivity index (χ4n) is 2.59. The minimum absolute atomic E-state index is 0.277. The van der Waals surface area contributed by atoms with Crippen molar-refractivity contribution in [3.05, 3.63) is 71.3 Å². The number of carbonyl (C=O) groups excluding carboxylic acids is 1. The van der Waals surface area contributed by atoms with Crippen molar-refractivity contribution in [1.29, 1.82) is 0 Å². The number of nitrogens with one attached hydrogen (secondary N) is 1. The monoisotopic (exact) mass is 347 g/mol. The third kappa shape index (κ3) is 4.21. The number of carboxylic acid groups (broad SMARTS) is 1. The van der Waals surface area contributed by atoms with Crippen LogP contribution in [0.2, 0.25) is 0 Å². The van der Waals surface area contributed by atoms with E-state index in [-0.39, 0.29) is 6.42 Å². The van der Waals surface area contributed by atoms with Crippen molar-refractivity contribution in [2.75, 3.05) is 0 Å². The maximum atomic E-state index is 13.3. The molecule has 2 aromatic carbocycles. The Labute approximate surface area is 144 Å². The van der Waals surface area contributed by atoms with Gasteiger partial charge in [0, 0.05) is 6.42 Å². The number of aliphatic carboxylic acids is 1. The SMILES string of the molecule is C[C@@H](NC(=O)C[C@@](C)(C(=O)O)c1ccccc1)c1ccc(F)c(F)c1. The van der Waals surface area contributed by atoms with E-state index < -0.39 is 35.0 Å². The zero-order chi connectivity index (χ0) is 18.6. The molecule has 0 saturated heterocycles. The number of hydrogen-bond acceptors (Lipinski definition) is 2. The molecule has 0 saturated carbocycles. The van der Waals surface area contributed by atoms with Crippen molar-refractivity contribution in [3.63, 3.8) is 0 Å². The molecule has 25 heavy (non-hydrogen) atoms. The van der Waals surface area contributed by atoms with Gasteiger partial charge in [-0.2, -0.15) is 0 Å². The maximum Gasteiger partial charge on any atom is 0.314 e. The minimum Gasteiger partial charge on any atom is -0.481 e. The lowest BCUT2D eigenvalue weighted by Crippen LogP contribution is -2.39.